The summed E-state index contributed by atoms with van der Waals surface area (Å²) in [6.07, 6.45) is 2.00. The number of benzene rings is 1. The number of aryl methyl sites for hydroxylation is 3. The zero-order valence-corrected chi connectivity index (χ0v) is 14.8. The van der Waals surface area contributed by atoms with E-state index < -0.39 is 0 Å². The number of nitro groups is 1. The molecule has 1 N–H and O–H groups in total. The van der Waals surface area contributed by atoms with Crippen LogP contribution < -0.4 is 10.2 Å². The molecule has 0 spiro atoms. The van der Waals surface area contributed by atoms with Gasteiger partial charge in [-0.2, -0.15) is 0 Å². The molecule has 0 saturated carbocycles. The maximum absolute atomic E-state index is 10.8. The number of nitrogens with one attached hydrogen (secondary N) is 1. The highest BCUT2D eigenvalue weighted by Crippen LogP contribution is 2.25. The minimum absolute atomic E-state index is 0.132. The third-order valence-electron chi connectivity index (χ3n) is 4.55. The summed E-state index contributed by atoms with van der Waals surface area (Å²) in [5.41, 5.74) is 2.99. The predicted octanol–water partition coefficient (Wildman–Crippen LogP) is 3.39. The Morgan fingerprint density at radius 2 is 1.88 bits per heavy atom. The first-order valence-corrected chi connectivity index (χ1v) is 8.51. The number of non-ortho nitro benzene ring substituents is 1. The van der Waals surface area contributed by atoms with Gasteiger partial charge in [-0.25, -0.2) is 9.97 Å². The molecular formula is C18H23N5O2. The number of anilines is 2. The number of nitro benzene ring substituents is 1. The SMILES string of the molecule is Cc1cc(N2CCC(Nc3ccc([N+](=O)[O-])cc3C)CC2)nc(C)n1. The van der Waals surface area contributed by atoms with Gasteiger partial charge in [0.25, 0.3) is 5.69 Å². The lowest BCUT2D eigenvalue weighted by molar-refractivity contribution is -0.384. The lowest BCUT2D eigenvalue weighted by Gasteiger charge is -2.34. The zero-order valence-electron chi connectivity index (χ0n) is 14.8. The fourth-order valence-electron chi connectivity index (χ4n) is 3.26. The van der Waals surface area contributed by atoms with Crippen LogP contribution in [0.2, 0.25) is 0 Å². The fraction of sp³-hybridized carbons (Fsp3) is 0.444. The van der Waals surface area contributed by atoms with Crippen LogP contribution in [0.15, 0.2) is 24.3 Å². The van der Waals surface area contributed by atoms with Gasteiger partial charge in [0.05, 0.1) is 4.92 Å². The molecule has 1 aromatic carbocycles. The smallest absolute Gasteiger partial charge is 0.269 e. The number of aromatic nitrogens is 2. The van der Waals surface area contributed by atoms with Crippen molar-refractivity contribution in [2.24, 2.45) is 0 Å². The van der Waals surface area contributed by atoms with Crippen molar-refractivity contribution < 1.29 is 4.92 Å². The van der Waals surface area contributed by atoms with Crippen LogP contribution in [-0.4, -0.2) is 34.0 Å². The summed E-state index contributed by atoms with van der Waals surface area (Å²) in [4.78, 5) is 21.6. The van der Waals surface area contributed by atoms with Crippen molar-refractivity contribution in [2.75, 3.05) is 23.3 Å². The van der Waals surface area contributed by atoms with Crippen molar-refractivity contribution in [3.63, 3.8) is 0 Å². The van der Waals surface area contributed by atoms with Gasteiger partial charge in [-0.1, -0.05) is 0 Å². The van der Waals surface area contributed by atoms with Crippen LogP contribution in [0.5, 0.6) is 0 Å². The zero-order chi connectivity index (χ0) is 18.0. The van der Waals surface area contributed by atoms with E-state index in [2.05, 4.69) is 20.2 Å². The van der Waals surface area contributed by atoms with Crippen LogP contribution in [0.4, 0.5) is 17.2 Å². The lowest BCUT2D eigenvalue weighted by Crippen LogP contribution is -2.39. The van der Waals surface area contributed by atoms with Crippen LogP contribution in [0.1, 0.15) is 29.9 Å². The molecular weight excluding hydrogens is 318 g/mol. The largest absolute Gasteiger partial charge is 0.382 e. The number of hydrogen-bond donors (Lipinski definition) is 1. The number of piperidine rings is 1. The van der Waals surface area contributed by atoms with Gasteiger partial charge in [-0.15, -0.1) is 0 Å². The first kappa shape index (κ1) is 17.1. The molecule has 1 aliphatic heterocycles. The summed E-state index contributed by atoms with van der Waals surface area (Å²) in [6, 6.07) is 7.36. The Balaban J connectivity index is 1.62. The van der Waals surface area contributed by atoms with Crippen LogP contribution in [0.25, 0.3) is 0 Å². The summed E-state index contributed by atoms with van der Waals surface area (Å²) in [5.74, 6) is 1.80. The quantitative estimate of drug-likeness (QED) is 0.678. The number of rotatable bonds is 4. The standard InChI is InChI=1S/C18H23N5O2/c1-12-10-16(23(24)25)4-5-17(12)21-15-6-8-22(9-7-15)18-11-13(2)19-14(3)20-18/h4-5,10-11,15,21H,6-9H2,1-3H3. The van der Waals surface area contributed by atoms with Gasteiger partial charge < -0.3 is 10.2 Å². The molecule has 1 aromatic heterocycles. The Labute approximate surface area is 147 Å². The van der Waals surface area contributed by atoms with Crippen LogP contribution in [-0.2, 0) is 0 Å². The summed E-state index contributed by atoms with van der Waals surface area (Å²) < 4.78 is 0. The lowest BCUT2D eigenvalue weighted by atomic mass is 10.0. The van der Waals surface area contributed by atoms with E-state index in [1.165, 1.54) is 0 Å². The number of hydrogen-bond acceptors (Lipinski definition) is 6. The van der Waals surface area contributed by atoms with E-state index in [0.29, 0.717) is 6.04 Å². The van der Waals surface area contributed by atoms with Gasteiger partial charge in [0.2, 0.25) is 0 Å². The van der Waals surface area contributed by atoms with E-state index >= 15 is 0 Å². The first-order chi connectivity index (χ1) is 11.9. The van der Waals surface area contributed by atoms with Crippen molar-refractivity contribution in [1.82, 2.24) is 9.97 Å². The highest BCUT2D eigenvalue weighted by molar-refractivity contribution is 5.56. The summed E-state index contributed by atoms with van der Waals surface area (Å²) in [5, 5.41) is 14.4. The van der Waals surface area contributed by atoms with E-state index in [1.54, 1.807) is 18.2 Å². The maximum atomic E-state index is 10.8. The van der Waals surface area contributed by atoms with Gasteiger partial charge >= 0.3 is 0 Å². The third kappa shape index (κ3) is 4.04. The molecule has 3 rings (SSSR count). The second-order valence-electron chi connectivity index (χ2n) is 6.58. The third-order valence-corrected chi connectivity index (χ3v) is 4.55. The van der Waals surface area contributed by atoms with Crippen molar-refractivity contribution in [3.05, 3.63) is 51.5 Å². The maximum Gasteiger partial charge on any atom is 0.269 e. The van der Waals surface area contributed by atoms with E-state index in [9.17, 15) is 10.1 Å². The highest BCUT2D eigenvalue weighted by Gasteiger charge is 2.21. The molecule has 1 aliphatic rings. The average molecular weight is 341 g/mol. The topological polar surface area (TPSA) is 84.2 Å². The Morgan fingerprint density at radius 3 is 2.48 bits per heavy atom. The summed E-state index contributed by atoms with van der Waals surface area (Å²) in [7, 11) is 0. The highest BCUT2D eigenvalue weighted by atomic mass is 16.6. The predicted molar refractivity (Wildman–Crippen MR) is 98.2 cm³/mol. The van der Waals surface area contributed by atoms with Crippen LogP contribution in [0.3, 0.4) is 0 Å². The Hall–Kier alpha value is -2.70. The van der Waals surface area contributed by atoms with E-state index in [1.807, 2.05) is 26.8 Å². The van der Waals surface area contributed by atoms with E-state index in [-0.39, 0.29) is 10.6 Å². The second kappa shape index (κ2) is 7.04. The Kier molecular flexibility index (Phi) is 4.83. The average Bonchev–Trinajstić information content (AvgIpc) is 2.56. The molecule has 0 radical (unpaired) electrons. The Morgan fingerprint density at radius 1 is 1.16 bits per heavy atom. The summed E-state index contributed by atoms with van der Waals surface area (Å²) >= 11 is 0. The minimum atomic E-state index is -0.360. The number of nitrogens with zero attached hydrogens (tertiary/aromatic N) is 4. The van der Waals surface area contributed by atoms with Crippen molar-refractivity contribution in [1.29, 1.82) is 0 Å². The van der Waals surface area contributed by atoms with Crippen LogP contribution in [0, 0.1) is 30.9 Å². The molecule has 2 heterocycles. The normalized spacial score (nSPS) is 15.2. The van der Waals surface area contributed by atoms with E-state index in [0.717, 1.165) is 54.5 Å². The van der Waals surface area contributed by atoms with E-state index in [4.69, 9.17) is 0 Å². The molecule has 0 amide bonds. The molecule has 25 heavy (non-hydrogen) atoms. The molecule has 0 atom stereocenters. The molecule has 1 fully saturated rings. The van der Waals surface area contributed by atoms with Gasteiger partial charge in [-0.3, -0.25) is 10.1 Å². The van der Waals surface area contributed by atoms with Gasteiger partial charge in [-0.05, 0) is 45.2 Å². The molecule has 2 aromatic rings. The van der Waals surface area contributed by atoms with Gasteiger partial charge in [0, 0.05) is 48.7 Å². The minimum Gasteiger partial charge on any atom is -0.382 e. The molecule has 0 aliphatic carbocycles. The molecule has 0 bridgehead atoms. The van der Waals surface area contributed by atoms with Crippen LogP contribution >= 0.6 is 0 Å². The van der Waals surface area contributed by atoms with Gasteiger partial charge in [0.15, 0.2) is 0 Å². The Bertz CT molecular complexity index is 765. The molecule has 7 nitrogen and oxygen atoms in total. The van der Waals surface area contributed by atoms with Crippen molar-refractivity contribution in [3.8, 4) is 0 Å². The van der Waals surface area contributed by atoms with Crippen molar-refractivity contribution in [2.45, 2.75) is 39.7 Å². The second-order valence-corrected chi connectivity index (χ2v) is 6.58. The monoisotopic (exact) mass is 341 g/mol. The first-order valence-electron chi connectivity index (χ1n) is 8.51. The molecule has 0 unspecified atom stereocenters. The molecule has 1 saturated heterocycles. The molecule has 7 heteroatoms. The summed E-state index contributed by atoms with van der Waals surface area (Å²) in [6.45, 7) is 7.67. The van der Waals surface area contributed by atoms with Crippen molar-refractivity contribution >= 4 is 17.2 Å². The fourth-order valence-corrected chi connectivity index (χ4v) is 3.26. The van der Waals surface area contributed by atoms with Gasteiger partial charge in [0.1, 0.15) is 11.6 Å². The molecule has 132 valence electrons.